The van der Waals surface area contributed by atoms with E-state index < -0.39 is 129 Å². The van der Waals surface area contributed by atoms with Crippen LogP contribution in [-0.2, 0) is 78.0 Å². The molecule has 3 amide bonds. The number of benzene rings is 3. The lowest BCUT2D eigenvalue weighted by Gasteiger charge is -2.35. The number of carbonyl (C=O) groups is 9. The molecule has 0 N–H and O–H groups in total. The van der Waals surface area contributed by atoms with Gasteiger partial charge < -0.3 is 71.5 Å². The van der Waals surface area contributed by atoms with Crippen molar-refractivity contribution in [3.8, 4) is 34.9 Å². The molecule has 6 fully saturated rings. The highest BCUT2D eigenvalue weighted by Gasteiger charge is 2.57. The van der Waals surface area contributed by atoms with Crippen LogP contribution in [0.15, 0.2) is 79.9 Å². The molecule has 0 spiro atoms. The molecule has 746 valence electrons. The van der Waals surface area contributed by atoms with Gasteiger partial charge in [0, 0.05) is 36.0 Å². The van der Waals surface area contributed by atoms with E-state index in [0.29, 0.717) is 92.2 Å². The highest BCUT2D eigenvalue weighted by molar-refractivity contribution is 5.93. The fraction of sp³-hybridized carbons (Fsp3) is 0.636. The highest BCUT2D eigenvalue weighted by atomic mass is 16.6. The van der Waals surface area contributed by atoms with Crippen molar-refractivity contribution in [3.63, 3.8) is 0 Å². The van der Waals surface area contributed by atoms with Gasteiger partial charge in [0.2, 0.25) is 35.4 Å². The summed E-state index contributed by atoms with van der Waals surface area (Å²) in [6, 6.07) is 13.7. The number of amides is 3. The van der Waals surface area contributed by atoms with Gasteiger partial charge in [-0.25, -0.2) is 44.3 Å². The van der Waals surface area contributed by atoms with E-state index in [1.807, 2.05) is 146 Å². The highest BCUT2D eigenvalue weighted by Crippen LogP contribution is 2.47. The number of ether oxygens (including phenoxy) is 12. The molecule has 0 unspecified atom stereocenters. The first-order valence-corrected chi connectivity index (χ1v) is 49.0. The fourth-order valence-electron chi connectivity index (χ4n) is 18.9. The normalized spacial score (nSPS) is 26.6. The van der Waals surface area contributed by atoms with Gasteiger partial charge in [-0.2, -0.15) is 0 Å². The molecule has 8 heterocycles. The number of rotatable bonds is 17. The molecule has 30 heteroatoms. The number of fused-ring (bicyclic) bond motifs is 11. The van der Waals surface area contributed by atoms with Gasteiger partial charge in [-0.3, -0.25) is 28.8 Å². The maximum absolute atomic E-state index is 14.4. The quantitative estimate of drug-likeness (QED) is 0.0354. The van der Waals surface area contributed by atoms with Gasteiger partial charge in [-0.1, -0.05) is 115 Å². The second-order valence-corrected chi connectivity index (χ2v) is 44.6. The van der Waals surface area contributed by atoms with Crippen molar-refractivity contribution in [2.24, 2.45) is 69.5 Å². The molecule has 4 bridgehead atoms. The molecule has 3 saturated heterocycles. The molecule has 3 aliphatic carbocycles. The largest absolute Gasteiger partial charge is 0.497 e. The number of esters is 6. The lowest BCUT2D eigenvalue weighted by Crippen LogP contribution is -2.50. The summed E-state index contributed by atoms with van der Waals surface area (Å²) in [5.41, 5.74) is 1.67. The minimum atomic E-state index is -0.939. The summed E-state index contributed by atoms with van der Waals surface area (Å²) in [4.78, 5) is 157. The lowest BCUT2D eigenvalue weighted by molar-refractivity contribution is -0.167. The summed E-state index contributed by atoms with van der Waals surface area (Å²) >= 11 is 0. The summed E-state index contributed by atoms with van der Waals surface area (Å²) < 4.78 is 70.8. The third-order valence-corrected chi connectivity index (χ3v) is 27.1. The van der Waals surface area contributed by atoms with E-state index in [1.165, 1.54) is 4.90 Å². The van der Waals surface area contributed by atoms with Gasteiger partial charge in [-0.15, -0.1) is 6.58 Å². The molecule has 18 atom stereocenters. The van der Waals surface area contributed by atoms with E-state index in [2.05, 4.69) is 24.2 Å². The first-order valence-electron chi connectivity index (χ1n) is 49.0. The van der Waals surface area contributed by atoms with Gasteiger partial charge in [0.15, 0.2) is 0 Å². The van der Waals surface area contributed by atoms with Crippen molar-refractivity contribution in [1.29, 1.82) is 0 Å². The van der Waals surface area contributed by atoms with E-state index in [1.54, 1.807) is 103 Å². The van der Waals surface area contributed by atoms with Crippen LogP contribution in [-0.4, -0.2) is 211 Å². The average Bonchev–Trinajstić information content (AvgIpc) is 1.62. The maximum atomic E-state index is 14.4. The van der Waals surface area contributed by atoms with E-state index in [-0.39, 0.29) is 92.7 Å². The average molecular weight is 1900 g/mol. The molecule has 6 aromatic rings. The number of allylic oxidation sites excluding steroid dienone is 2. The summed E-state index contributed by atoms with van der Waals surface area (Å²) in [6.45, 7) is 47.2. The van der Waals surface area contributed by atoms with Crippen LogP contribution in [0.3, 0.4) is 0 Å². The summed E-state index contributed by atoms with van der Waals surface area (Å²) in [6.07, 6.45) is 18.0. The monoisotopic (exact) mass is 1890 g/mol. The Bertz CT molecular complexity index is 5440. The number of methoxy groups -OCH3 is 3. The smallest absolute Gasteiger partial charge is 0.329 e. The number of aromatic nitrogens is 6. The van der Waals surface area contributed by atoms with Crippen molar-refractivity contribution in [3.05, 3.63) is 97.0 Å². The van der Waals surface area contributed by atoms with Crippen LogP contribution in [0.1, 0.15) is 265 Å². The molecule has 14 rings (SSSR count). The van der Waals surface area contributed by atoms with E-state index in [4.69, 9.17) is 81.8 Å². The molecule has 3 aromatic heterocycles. The Balaban J connectivity index is 0.000000185. The number of nitrogens with zero attached hydrogens (tertiary/aromatic N) is 9. The van der Waals surface area contributed by atoms with Gasteiger partial charge in [-0.05, 0) is 222 Å². The van der Waals surface area contributed by atoms with Crippen LogP contribution in [0.5, 0.6) is 34.9 Å². The first kappa shape index (κ1) is 105. The number of likely N-dealkylation sites (tertiary alicyclic amines) is 1. The SMILES string of the molecule is C=CCCC[C@@H]1C[C@H]1OC(=O)C[C@H](C(=O)N1C[C@H](Oc2nc3cc(OC)ccc3nc2C=C)[C@@H](C)[C@H]1C(=O)OC(C)(C)C)C(C)(C)C.COc1ccc2nc3c(nc2c1)O[C@H]1CN(C(=O)[C@H](C(C)(C)C)CC(=O)O[C@@H]2C[C@H]2CCC/C=C/3)[C@H](C(=O)OC(C)(C)C)[C@@H]1C.COc1ccc2nc3c(nc2c1)O[C@H]1CN(C(=O)[C@H](C(C)(C)C)CC(=O)O[C@@H]2C[C@H]2CCCCC3)[C@H](C(=O)OC(C)(C)C)[C@@H]1C. The zero-order chi connectivity index (χ0) is 100. The van der Waals surface area contributed by atoms with Crippen LogP contribution in [0.25, 0.3) is 45.3 Å². The summed E-state index contributed by atoms with van der Waals surface area (Å²) in [5.74, 6) is -3.08. The molecule has 30 nitrogen and oxygen atoms in total. The van der Waals surface area contributed by atoms with Crippen molar-refractivity contribution in [1.82, 2.24) is 44.6 Å². The Morgan fingerprint density at radius 3 is 1.47 bits per heavy atom. The van der Waals surface area contributed by atoms with Crippen LogP contribution in [0.2, 0.25) is 0 Å². The van der Waals surface area contributed by atoms with Crippen molar-refractivity contribution in [2.75, 3.05) is 41.0 Å². The Kier molecular flexibility index (Phi) is 33.0. The third-order valence-electron chi connectivity index (χ3n) is 27.1. The third kappa shape index (κ3) is 27.1. The minimum absolute atomic E-state index is 0.0505. The van der Waals surface area contributed by atoms with Gasteiger partial charge in [0.05, 0.1) is 111 Å². The Hall–Kier alpha value is -11.1. The van der Waals surface area contributed by atoms with E-state index in [0.717, 1.165) is 94.7 Å². The van der Waals surface area contributed by atoms with E-state index in [9.17, 15) is 43.2 Å². The maximum Gasteiger partial charge on any atom is 0.329 e. The second kappa shape index (κ2) is 43.1. The Labute approximate surface area is 807 Å². The van der Waals surface area contributed by atoms with Crippen LogP contribution in [0.4, 0.5) is 0 Å². The Morgan fingerprint density at radius 2 is 0.985 bits per heavy atom. The predicted molar refractivity (Wildman–Crippen MR) is 519 cm³/mol. The summed E-state index contributed by atoms with van der Waals surface area (Å²) in [5, 5.41) is 0. The van der Waals surface area contributed by atoms with Gasteiger partial charge in [0.25, 0.3) is 0 Å². The Morgan fingerprint density at radius 1 is 0.511 bits per heavy atom. The van der Waals surface area contributed by atoms with Crippen molar-refractivity contribution in [2.45, 2.75) is 326 Å². The second-order valence-electron chi connectivity index (χ2n) is 44.6. The molecule has 3 aromatic carbocycles. The topological polar surface area (TPSA) is 351 Å². The number of unbranched alkanes of at least 4 members (excludes halogenated alkanes) is 1. The van der Waals surface area contributed by atoms with Crippen LogP contribution in [0, 0.1) is 69.5 Å². The van der Waals surface area contributed by atoms with Crippen molar-refractivity contribution < 1.29 is 100.0 Å². The molecule has 5 aliphatic heterocycles. The summed E-state index contributed by atoms with van der Waals surface area (Å²) in [7, 11) is 4.78. The van der Waals surface area contributed by atoms with Crippen molar-refractivity contribution >= 4 is 98.8 Å². The lowest BCUT2D eigenvalue weighted by atomic mass is 9.77. The minimum Gasteiger partial charge on any atom is -0.497 e. The number of aryl methyl sites for hydroxylation is 1. The zero-order valence-electron chi connectivity index (χ0n) is 85.1. The van der Waals surface area contributed by atoms with Gasteiger partial charge in [0.1, 0.15) is 106 Å². The number of carbonyl (C=O) groups excluding carboxylic acids is 9. The molecular formula is C107H147N9O21. The van der Waals surface area contributed by atoms with Gasteiger partial charge >= 0.3 is 35.8 Å². The standard InChI is InChI=1S/C37H51N3O7.C35H49N3O7.C35H47N3O7/c1-11-13-14-15-23-18-29(23)45-31(41)20-25(36(4,5)6)34(42)40-21-30(22(3)32(40)35(43)47-37(7,8)9)46-33-26(12-2)38-27-17-16-24(44-10)19-28(27)39-33;2*1-20-28-19-38(30(20)33(41)45-35(5,6)7)32(40)23(34(2,3)4)18-29(39)43-27-16-21(27)12-10-9-11-13-25-31(44-28)37-26-17-22(42-8)14-15-24(26)36-25/h11-12,16-17,19,22-23,25,29-30,32H,1-2,13-15,18,20-21H2,3-10H3;14-15,17,20-21,23,27-28,30H,9-13,16,18-19H2,1-8H3;11,13-15,17,20-21,23,27-28,30H,9-10,12,16,18-19H2,1-8H3/b;;13-11+/t22-,23-,25-,29-,30+,32+;2*20-,21-,23-,27-,28+,30+/m111/s1. The zero-order valence-corrected chi connectivity index (χ0v) is 85.1. The number of hydrogen-bond donors (Lipinski definition) is 0. The number of hydrogen-bond acceptors (Lipinski definition) is 27. The predicted octanol–water partition coefficient (Wildman–Crippen LogP) is 18.0. The molecule has 3 saturated carbocycles. The van der Waals surface area contributed by atoms with E-state index >= 15 is 0 Å². The molecule has 137 heavy (non-hydrogen) atoms. The van der Waals surface area contributed by atoms with Crippen LogP contribution >= 0.6 is 0 Å². The molecule has 0 radical (unpaired) electrons. The van der Waals surface area contributed by atoms with Crippen LogP contribution < -0.4 is 28.4 Å². The fourth-order valence-corrected chi connectivity index (χ4v) is 18.9. The first-order chi connectivity index (χ1) is 64.3. The molecular weight excluding hydrogens is 1750 g/mol. The molecule has 8 aliphatic rings.